The highest BCUT2D eigenvalue weighted by molar-refractivity contribution is 7.89. The SMILES string of the molecule is COC(=O)C1(C)CCC(C(C)C)N1S(=O)(=O)c1ccc(C)cc1. The average molecular weight is 339 g/mol. The van der Waals surface area contributed by atoms with Gasteiger partial charge < -0.3 is 4.74 Å². The van der Waals surface area contributed by atoms with Crippen molar-refractivity contribution in [1.29, 1.82) is 0 Å². The monoisotopic (exact) mass is 339 g/mol. The molecule has 2 atom stereocenters. The van der Waals surface area contributed by atoms with Gasteiger partial charge in [-0.3, -0.25) is 4.79 Å². The highest BCUT2D eigenvalue weighted by Crippen LogP contribution is 2.42. The van der Waals surface area contributed by atoms with Gasteiger partial charge in [-0.2, -0.15) is 4.31 Å². The summed E-state index contributed by atoms with van der Waals surface area (Å²) in [6.45, 7) is 7.52. The molecule has 2 unspecified atom stereocenters. The van der Waals surface area contributed by atoms with Crippen molar-refractivity contribution in [3.8, 4) is 0 Å². The normalized spacial score (nSPS) is 25.7. The minimum Gasteiger partial charge on any atom is -0.468 e. The molecule has 1 heterocycles. The second-order valence-corrected chi connectivity index (χ2v) is 8.54. The van der Waals surface area contributed by atoms with Crippen LogP contribution in [0.4, 0.5) is 0 Å². The number of hydrogen-bond donors (Lipinski definition) is 0. The van der Waals surface area contributed by atoms with Crippen LogP contribution in [0, 0.1) is 12.8 Å². The molecule has 1 aliphatic rings. The summed E-state index contributed by atoms with van der Waals surface area (Å²) in [4.78, 5) is 12.5. The molecule has 0 radical (unpaired) electrons. The van der Waals surface area contributed by atoms with Crippen LogP contribution < -0.4 is 0 Å². The van der Waals surface area contributed by atoms with Crippen molar-refractivity contribution in [3.05, 3.63) is 29.8 Å². The lowest BCUT2D eigenvalue weighted by Crippen LogP contribution is -2.55. The molecule has 1 aromatic carbocycles. The molecule has 1 fully saturated rings. The fourth-order valence-corrected chi connectivity index (χ4v) is 5.41. The van der Waals surface area contributed by atoms with Gasteiger partial charge >= 0.3 is 5.97 Å². The van der Waals surface area contributed by atoms with Gasteiger partial charge in [0.05, 0.1) is 12.0 Å². The van der Waals surface area contributed by atoms with E-state index in [1.165, 1.54) is 11.4 Å². The van der Waals surface area contributed by atoms with Gasteiger partial charge in [-0.05, 0) is 44.7 Å². The number of benzene rings is 1. The Labute approximate surface area is 138 Å². The maximum Gasteiger partial charge on any atom is 0.327 e. The lowest BCUT2D eigenvalue weighted by Gasteiger charge is -2.36. The Morgan fingerprint density at radius 1 is 1.30 bits per heavy atom. The zero-order valence-electron chi connectivity index (χ0n) is 14.4. The Morgan fingerprint density at radius 3 is 2.35 bits per heavy atom. The zero-order valence-corrected chi connectivity index (χ0v) is 15.2. The fraction of sp³-hybridized carbons (Fsp3) is 0.588. The van der Waals surface area contributed by atoms with E-state index in [0.29, 0.717) is 12.8 Å². The molecule has 0 saturated carbocycles. The molecule has 0 bridgehead atoms. The number of esters is 1. The maximum absolute atomic E-state index is 13.2. The molecule has 0 N–H and O–H groups in total. The summed E-state index contributed by atoms with van der Waals surface area (Å²) in [5, 5.41) is 0. The van der Waals surface area contributed by atoms with E-state index in [0.717, 1.165) is 5.56 Å². The van der Waals surface area contributed by atoms with Gasteiger partial charge in [-0.15, -0.1) is 0 Å². The van der Waals surface area contributed by atoms with E-state index in [-0.39, 0.29) is 16.9 Å². The molecule has 1 aromatic rings. The Bertz CT molecular complexity index is 681. The van der Waals surface area contributed by atoms with Crippen LogP contribution in [0.3, 0.4) is 0 Å². The number of carbonyl (C=O) groups is 1. The van der Waals surface area contributed by atoms with Crippen molar-refractivity contribution >= 4 is 16.0 Å². The summed E-state index contributed by atoms with van der Waals surface area (Å²) in [7, 11) is -2.48. The van der Waals surface area contributed by atoms with Gasteiger partial charge in [0, 0.05) is 6.04 Å². The first-order chi connectivity index (χ1) is 10.6. The second kappa shape index (κ2) is 6.24. The second-order valence-electron chi connectivity index (χ2n) is 6.73. The van der Waals surface area contributed by atoms with E-state index >= 15 is 0 Å². The molecule has 6 heteroatoms. The topological polar surface area (TPSA) is 63.7 Å². The van der Waals surface area contributed by atoms with Gasteiger partial charge in [0.2, 0.25) is 10.0 Å². The molecule has 0 amide bonds. The van der Waals surface area contributed by atoms with E-state index in [4.69, 9.17) is 4.74 Å². The van der Waals surface area contributed by atoms with Gasteiger partial charge in [-0.25, -0.2) is 8.42 Å². The first kappa shape index (κ1) is 17.9. The minimum atomic E-state index is -3.78. The van der Waals surface area contributed by atoms with E-state index in [1.54, 1.807) is 31.2 Å². The predicted molar refractivity (Wildman–Crippen MR) is 88.5 cm³/mol. The van der Waals surface area contributed by atoms with Crippen molar-refractivity contribution in [3.63, 3.8) is 0 Å². The number of hydrogen-bond acceptors (Lipinski definition) is 4. The predicted octanol–water partition coefficient (Wildman–Crippen LogP) is 2.74. The number of ether oxygens (including phenoxy) is 1. The lowest BCUT2D eigenvalue weighted by molar-refractivity contribution is -0.150. The van der Waals surface area contributed by atoms with Gasteiger partial charge in [0.15, 0.2) is 0 Å². The smallest absolute Gasteiger partial charge is 0.327 e. The molecule has 5 nitrogen and oxygen atoms in total. The highest BCUT2D eigenvalue weighted by atomic mass is 32.2. The van der Waals surface area contributed by atoms with Crippen LogP contribution in [0.2, 0.25) is 0 Å². The summed E-state index contributed by atoms with van der Waals surface area (Å²) >= 11 is 0. The van der Waals surface area contributed by atoms with Crippen molar-refractivity contribution < 1.29 is 17.9 Å². The van der Waals surface area contributed by atoms with Crippen LogP contribution in [0.5, 0.6) is 0 Å². The van der Waals surface area contributed by atoms with Crippen molar-refractivity contribution in [2.45, 2.75) is 57.0 Å². The van der Waals surface area contributed by atoms with Crippen molar-refractivity contribution in [2.75, 3.05) is 7.11 Å². The van der Waals surface area contributed by atoms with Crippen LogP contribution in [0.25, 0.3) is 0 Å². The molecule has 0 spiro atoms. The number of rotatable bonds is 4. The zero-order chi connectivity index (χ0) is 17.4. The summed E-state index contributed by atoms with van der Waals surface area (Å²) in [5.74, 6) is -0.391. The van der Waals surface area contributed by atoms with Crippen LogP contribution in [0.1, 0.15) is 39.2 Å². The van der Waals surface area contributed by atoms with E-state index < -0.39 is 21.5 Å². The molecule has 0 aliphatic carbocycles. The Balaban J connectivity index is 2.57. The Kier molecular flexibility index (Phi) is 4.87. The summed E-state index contributed by atoms with van der Waals surface area (Å²) in [6, 6.07) is 6.51. The summed E-state index contributed by atoms with van der Waals surface area (Å²) < 4.78 is 32.7. The molecule has 23 heavy (non-hydrogen) atoms. The number of sulfonamides is 1. The summed E-state index contributed by atoms with van der Waals surface area (Å²) in [6.07, 6.45) is 1.11. The molecular weight excluding hydrogens is 314 g/mol. The number of nitrogens with zero attached hydrogens (tertiary/aromatic N) is 1. The van der Waals surface area contributed by atoms with Gasteiger partial charge in [0.1, 0.15) is 5.54 Å². The Hall–Kier alpha value is -1.40. The van der Waals surface area contributed by atoms with E-state index in [1.807, 2.05) is 20.8 Å². The van der Waals surface area contributed by atoms with E-state index in [9.17, 15) is 13.2 Å². The van der Waals surface area contributed by atoms with Gasteiger partial charge in [-0.1, -0.05) is 31.5 Å². The Morgan fingerprint density at radius 2 is 1.87 bits per heavy atom. The summed E-state index contributed by atoms with van der Waals surface area (Å²) in [5.41, 5.74) is -0.172. The third-order valence-electron chi connectivity index (χ3n) is 4.69. The molecular formula is C17H25NO4S. The molecule has 128 valence electrons. The van der Waals surface area contributed by atoms with Crippen molar-refractivity contribution in [1.82, 2.24) is 4.31 Å². The largest absolute Gasteiger partial charge is 0.468 e. The number of carbonyl (C=O) groups excluding carboxylic acids is 1. The molecule has 2 rings (SSSR count). The van der Waals surface area contributed by atoms with Crippen LogP contribution in [-0.2, 0) is 19.6 Å². The minimum absolute atomic E-state index is 0.113. The lowest BCUT2D eigenvalue weighted by atomic mass is 10.00. The molecule has 1 aliphatic heterocycles. The quantitative estimate of drug-likeness (QED) is 0.791. The first-order valence-corrected chi connectivity index (χ1v) is 9.28. The standard InChI is InChI=1S/C17H25NO4S/c1-12(2)15-10-11-17(4,16(19)22-5)18(15)23(20,21)14-8-6-13(3)7-9-14/h6-9,12,15H,10-11H2,1-5H3. The molecule has 0 aromatic heterocycles. The van der Waals surface area contributed by atoms with Gasteiger partial charge in [0.25, 0.3) is 0 Å². The fourth-order valence-electron chi connectivity index (χ4n) is 3.31. The first-order valence-electron chi connectivity index (χ1n) is 7.84. The number of aryl methyl sites for hydroxylation is 1. The van der Waals surface area contributed by atoms with Crippen LogP contribution in [0.15, 0.2) is 29.2 Å². The van der Waals surface area contributed by atoms with Crippen molar-refractivity contribution in [2.24, 2.45) is 5.92 Å². The van der Waals surface area contributed by atoms with Crippen LogP contribution in [-0.4, -0.2) is 37.4 Å². The van der Waals surface area contributed by atoms with Crippen LogP contribution >= 0.6 is 0 Å². The maximum atomic E-state index is 13.2. The highest BCUT2D eigenvalue weighted by Gasteiger charge is 2.55. The third-order valence-corrected chi connectivity index (χ3v) is 6.75. The molecule has 1 saturated heterocycles. The third kappa shape index (κ3) is 3.02. The number of methoxy groups -OCH3 is 1. The average Bonchev–Trinajstić information content (AvgIpc) is 2.86. The van der Waals surface area contributed by atoms with E-state index in [2.05, 4.69) is 0 Å².